The molecule has 1 heterocycles. The summed E-state index contributed by atoms with van der Waals surface area (Å²) in [6.07, 6.45) is 0.393. The fourth-order valence-electron chi connectivity index (χ4n) is 3.31. The maximum absolute atomic E-state index is 13.8. The Labute approximate surface area is 178 Å². The van der Waals surface area contributed by atoms with Crippen LogP contribution in [0.4, 0.5) is 0 Å². The van der Waals surface area contributed by atoms with E-state index in [1.54, 1.807) is 18.2 Å². The van der Waals surface area contributed by atoms with Crippen LogP contribution in [-0.4, -0.2) is 24.5 Å². The second-order valence-electron chi connectivity index (χ2n) is 6.70. The zero-order valence-electron chi connectivity index (χ0n) is 16.0. The lowest BCUT2D eigenvalue weighted by atomic mass is 10.1. The molecule has 4 aromatic rings. The molecule has 0 aliphatic heterocycles. The van der Waals surface area contributed by atoms with Crippen molar-refractivity contribution in [3.05, 3.63) is 88.2 Å². The van der Waals surface area contributed by atoms with Crippen molar-refractivity contribution >= 4 is 37.0 Å². The number of hydrogen-bond acceptors (Lipinski definition) is 4. The topological polar surface area (TPSA) is 61.2 Å². The van der Waals surface area contributed by atoms with Gasteiger partial charge < -0.3 is 4.74 Å². The van der Waals surface area contributed by atoms with Crippen LogP contribution in [0.25, 0.3) is 11.0 Å². The van der Waals surface area contributed by atoms with Crippen molar-refractivity contribution in [1.29, 1.82) is 0 Å². The second-order valence-corrected chi connectivity index (χ2v) is 9.31. The Morgan fingerprint density at radius 3 is 2.45 bits per heavy atom. The van der Waals surface area contributed by atoms with Gasteiger partial charge in [0.1, 0.15) is 16.5 Å². The second kappa shape index (κ2) is 7.65. The summed E-state index contributed by atoms with van der Waals surface area (Å²) >= 11 is 3.44. The lowest BCUT2D eigenvalue weighted by Gasteiger charge is -2.15. The molecule has 0 aliphatic rings. The number of fused-ring (bicyclic) bond motifs is 1. The van der Waals surface area contributed by atoms with E-state index in [1.807, 2.05) is 55.5 Å². The van der Waals surface area contributed by atoms with Gasteiger partial charge in [-0.2, -0.15) is 0 Å². The Hall–Kier alpha value is -2.64. The maximum atomic E-state index is 13.8. The first-order valence-electron chi connectivity index (χ1n) is 9.02. The summed E-state index contributed by atoms with van der Waals surface area (Å²) in [6.45, 7) is 1.89. The summed E-state index contributed by atoms with van der Waals surface area (Å²) in [5, 5.41) is 0. The van der Waals surface area contributed by atoms with Gasteiger partial charge in [0.15, 0.2) is 0 Å². The van der Waals surface area contributed by atoms with E-state index in [0.29, 0.717) is 33.5 Å². The third-order valence-corrected chi connectivity index (χ3v) is 7.37. The number of hydrogen-bond donors (Lipinski definition) is 0. The molecule has 0 unspecified atom stereocenters. The number of aryl methyl sites for hydroxylation is 1. The first kappa shape index (κ1) is 19.7. The fourth-order valence-corrected chi connectivity index (χ4v) is 5.46. The summed E-state index contributed by atoms with van der Waals surface area (Å²) < 4.78 is 35.0. The summed E-state index contributed by atoms with van der Waals surface area (Å²) in [7, 11) is -2.49. The van der Waals surface area contributed by atoms with Crippen molar-refractivity contribution < 1.29 is 13.2 Å². The zero-order chi connectivity index (χ0) is 20.6. The van der Waals surface area contributed by atoms with E-state index < -0.39 is 10.0 Å². The monoisotopic (exact) mass is 470 g/mol. The van der Waals surface area contributed by atoms with E-state index in [4.69, 9.17) is 4.74 Å². The molecule has 4 rings (SSSR count). The molecule has 7 heteroatoms. The third-order valence-electron chi connectivity index (χ3n) is 4.75. The molecule has 0 radical (unpaired) electrons. The molecule has 0 spiro atoms. The van der Waals surface area contributed by atoms with Crippen LogP contribution in [-0.2, 0) is 16.4 Å². The highest BCUT2D eigenvalue weighted by Gasteiger charge is 2.28. The molecule has 29 heavy (non-hydrogen) atoms. The van der Waals surface area contributed by atoms with E-state index in [-0.39, 0.29) is 4.90 Å². The molecule has 0 bridgehead atoms. The van der Waals surface area contributed by atoms with Crippen LogP contribution in [0.3, 0.4) is 0 Å². The van der Waals surface area contributed by atoms with Crippen LogP contribution in [0.2, 0.25) is 0 Å². The Balaban J connectivity index is 1.97. The van der Waals surface area contributed by atoms with Gasteiger partial charge >= 0.3 is 0 Å². The minimum atomic E-state index is -3.96. The van der Waals surface area contributed by atoms with E-state index >= 15 is 0 Å². The van der Waals surface area contributed by atoms with Crippen LogP contribution in [0.1, 0.15) is 17.0 Å². The Morgan fingerprint density at radius 2 is 1.72 bits per heavy atom. The van der Waals surface area contributed by atoms with E-state index in [9.17, 15) is 8.42 Å². The Morgan fingerprint density at radius 1 is 1.03 bits per heavy atom. The third kappa shape index (κ3) is 3.56. The predicted molar refractivity (Wildman–Crippen MR) is 117 cm³/mol. The molecule has 0 fully saturated rings. The van der Waals surface area contributed by atoms with Crippen molar-refractivity contribution in [3.8, 4) is 5.75 Å². The molecule has 0 N–H and O–H groups in total. The number of methoxy groups -OCH3 is 1. The molecule has 0 amide bonds. The summed E-state index contributed by atoms with van der Waals surface area (Å²) in [5.41, 5.74) is 3.04. The number of imidazole rings is 1. The molecule has 3 aromatic carbocycles. The van der Waals surface area contributed by atoms with E-state index in [1.165, 1.54) is 11.1 Å². The molecule has 0 saturated carbocycles. The Kier molecular flexibility index (Phi) is 5.19. The van der Waals surface area contributed by atoms with Crippen molar-refractivity contribution in [1.82, 2.24) is 8.96 Å². The first-order valence-corrected chi connectivity index (χ1v) is 11.2. The highest BCUT2D eigenvalue weighted by atomic mass is 79.9. The van der Waals surface area contributed by atoms with Crippen LogP contribution < -0.4 is 4.74 Å². The van der Waals surface area contributed by atoms with E-state index in [0.717, 1.165) is 11.1 Å². The van der Waals surface area contributed by atoms with Gasteiger partial charge in [0.2, 0.25) is 0 Å². The van der Waals surface area contributed by atoms with E-state index in [2.05, 4.69) is 20.9 Å². The molecule has 0 atom stereocenters. The fraction of sp³-hybridized carbons (Fsp3) is 0.136. The smallest absolute Gasteiger partial charge is 0.273 e. The quantitative estimate of drug-likeness (QED) is 0.414. The Bertz CT molecular complexity index is 1300. The normalized spacial score (nSPS) is 11.7. The zero-order valence-corrected chi connectivity index (χ0v) is 18.4. The van der Waals surface area contributed by atoms with Gasteiger partial charge in [0.25, 0.3) is 10.0 Å². The summed E-state index contributed by atoms with van der Waals surface area (Å²) in [5.74, 6) is 0.755. The number of benzene rings is 3. The molecular weight excluding hydrogens is 452 g/mol. The lowest BCUT2D eigenvalue weighted by Crippen LogP contribution is -2.17. The number of aromatic nitrogens is 2. The molecular formula is C22H19BrN2O3S. The van der Waals surface area contributed by atoms with Gasteiger partial charge in [-0.15, -0.1) is 0 Å². The molecule has 0 saturated heterocycles. The summed E-state index contributed by atoms with van der Waals surface area (Å²) in [6, 6.07) is 20.2. The number of halogens is 1. The highest BCUT2D eigenvalue weighted by molar-refractivity contribution is 9.10. The predicted octanol–water partition coefficient (Wildman–Crippen LogP) is 4.94. The van der Waals surface area contributed by atoms with Gasteiger partial charge in [0.05, 0.1) is 18.1 Å². The SMILES string of the molecule is COc1cc(C)c(Br)cc1S(=O)(=O)n1c(Cc2ccccc2)nc2ccccc21. The molecule has 5 nitrogen and oxygen atoms in total. The lowest BCUT2D eigenvalue weighted by molar-refractivity contribution is 0.402. The largest absolute Gasteiger partial charge is 0.495 e. The van der Waals surface area contributed by atoms with Gasteiger partial charge in [0, 0.05) is 10.9 Å². The number of rotatable bonds is 5. The van der Waals surface area contributed by atoms with Crippen LogP contribution in [0.5, 0.6) is 5.75 Å². The number of nitrogens with zero attached hydrogens (tertiary/aromatic N) is 2. The standard InChI is InChI=1S/C22H19BrN2O3S/c1-15-12-20(28-2)21(14-17(15)23)29(26,27)25-19-11-7-6-10-18(19)24-22(25)13-16-8-4-3-5-9-16/h3-12,14H,13H2,1-2H3. The molecule has 0 aliphatic carbocycles. The number of ether oxygens (including phenoxy) is 1. The highest BCUT2D eigenvalue weighted by Crippen LogP contribution is 2.34. The van der Waals surface area contributed by atoms with Gasteiger partial charge in [-0.05, 0) is 42.3 Å². The van der Waals surface area contributed by atoms with Gasteiger partial charge in [-0.25, -0.2) is 17.4 Å². The van der Waals surface area contributed by atoms with Crippen LogP contribution in [0, 0.1) is 6.92 Å². The minimum absolute atomic E-state index is 0.0925. The number of para-hydroxylation sites is 2. The molecule has 148 valence electrons. The minimum Gasteiger partial charge on any atom is -0.495 e. The van der Waals surface area contributed by atoms with Crippen LogP contribution in [0.15, 0.2) is 76.1 Å². The average Bonchev–Trinajstić information content (AvgIpc) is 3.08. The van der Waals surface area contributed by atoms with Gasteiger partial charge in [-0.3, -0.25) is 0 Å². The van der Waals surface area contributed by atoms with Crippen molar-refractivity contribution in [2.75, 3.05) is 7.11 Å². The van der Waals surface area contributed by atoms with Gasteiger partial charge in [-0.1, -0.05) is 58.4 Å². The van der Waals surface area contributed by atoms with Crippen molar-refractivity contribution in [2.24, 2.45) is 0 Å². The van der Waals surface area contributed by atoms with Crippen molar-refractivity contribution in [2.45, 2.75) is 18.2 Å². The maximum Gasteiger partial charge on any atom is 0.273 e. The molecule has 1 aromatic heterocycles. The first-order chi connectivity index (χ1) is 13.9. The van der Waals surface area contributed by atoms with Crippen molar-refractivity contribution in [3.63, 3.8) is 0 Å². The average molecular weight is 471 g/mol. The van der Waals surface area contributed by atoms with Crippen LogP contribution >= 0.6 is 15.9 Å². The summed E-state index contributed by atoms with van der Waals surface area (Å²) in [4.78, 5) is 4.72.